The molecule has 1 heterocycles. The molecular formula is C20H24N2O. The average molecular weight is 308 g/mol. The lowest BCUT2D eigenvalue weighted by Gasteiger charge is -2.18. The third-order valence-corrected chi connectivity index (χ3v) is 4.03. The molecule has 0 N–H and O–H groups in total. The van der Waals surface area contributed by atoms with Crippen molar-refractivity contribution in [2.45, 2.75) is 39.7 Å². The first kappa shape index (κ1) is 15.6. The van der Waals surface area contributed by atoms with Crippen molar-refractivity contribution < 1.29 is 4.74 Å². The standard InChI is InChI=1S/C20H24N2O/c1-15-5-8-18(9-6-15)23-12-11-22-14-16-13-17(20(2,3)4)7-10-19(16)21-22/h5-10,13-14H,11-12H2,1-4H3. The second kappa shape index (κ2) is 6.07. The van der Waals surface area contributed by atoms with Crippen LogP contribution in [0, 0.1) is 6.92 Å². The molecule has 0 radical (unpaired) electrons. The summed E-state index contributed by atoms with van der Waals surface area (Å²) >= 11 is 0. The van der Waals surface area contributed by atoms with Crippen LogP contribution in [0.15, 0.2) is 48.7 Å². The Morgan fingerprint density at radius 3 is 2.48 bits per heavy atom. The van der Waals surface area contributed by atoms with Crippen molar-refractivity contribution in [1.29, 1.82) is 0 Å². The van der Waals surface area contributed by atoms with Crippen LogP contribution in [0.1, 0.15) is 31.9 Å². The Kier molecular flexibility index (Phi) is 4.12. The van der Waals surface area contributed by atoms with E-state index in [2.05, 4.69) is 69.3 Å². The van der Waals surface area contributed by atoms with Gasteiger partial charge >= 0.3 is 0 Å². The van der Waals surface area contributed by atoms with Crippen LogP contribution in [0.3, 0.4) is 0 Å². The van der Waals surface area contributed by atoms with E-state index in [9.17, 15) is 0 Å². The molecule has 0 saturated carbocycles. The fraction of sp³-hybridized carbons (Fsp3) is 0.350. The highest BCUT2D eigenvalue weighted by Gasteiger charge is 2.14. The lowest BCUT2D eigenvalue weighted by molar-refractivity contribution is 0.292. The Morgan fingerprint density at radius 2 is 1.78 bits per heavy atom. The monoisotopic (exact) mass is 308 g/mol. The first-order valence-electron chi connectivity index (χ1n) is 8.09. The molecule has 0 aliphatic carbocycles. The first-order chi connectivity index (χ1) is 10.9. The van der Waals surface area contributed by atoms with Gasteiger partial charge in [0.2, 0.25) is 0 Å². The van der Waals surface area contributed by atoms with E-state index in [0.29, 0.717) is 6.61 Å². The van der Waals surface area contributed by atoms with E-state index in [1.807, 2.05) is 16.8 Å². The summed E-state index contributed by atoms with van der Waals surface area (Å²) in [5.41, 5.74) is 3.77. The zero-order valence-corrected chi connectivity index (χ0v) is 14.3. The first-order valence-corrected chi connectivity index (χ1v) is 8.09. The largest absolute Gasteiger partial charge is 0.492 e. The van der Waals surface area contributed by atoms with E-state index in [1.54, 1.807) is 0 Å². The van der Waals surface area contributed by atoms with Gasteiger partial charge in [0.25, 0.3) is 0 Å². The Bertz CT molecular complexity index is 795. The maximum absolute atomic E-state index is 5.78. The molecule has 0 atom stereocenters. The Labute approximate surface area is 137 Å². The molecule has 0 unspecified atom stereocenters. The minimum Gasteiger partial charge on any atom is -0.492 e. The highest BCUT2D eigenvalue weighted by Crippen LogP contribution is 2.25. The molecular weight excluding hydrogens is 284 g/mol. The average Bonchev–Trinajstić information content (AvgIpc) is 2.90. The van der Waals surface area contributed by atoms with E-state index in [1.165, 1.54) is 16.5 Å². The molecule has 0 saturated heterocycles. The smallest absolute Gasteiger partial charge is 0.119 e. The van der Waals surface area contributed by atoms with Gasteiger partial charge in [0.1, 0.15) is 12.4 Å². The van der Waals surface area contributed by atoms with Gasteiger partial charge in [-0.05, 0) is 42.2 Å². The van der Waals surface area contributed by atoms with Gasteiger partial charge in [-0.1, -0.05) is 44.5 Å². The normalized spacial score (nSPS) is 11.8. The molecule has 3 aromatic rings. The van der Waals surface area contributed by atoms with E-state index in [4.69, 9.17) is 4.74 Å². The summed E-state index contributed by atoms with van der Waals surface area (Å²) in [4.78, 5) is 0. The van der Waals surface area contributed by atoms with Gasteiger partial charge in [0.05, 0.1) is 12.1 Å². The molecule has 120 valence electrons. The summed E-state index contributed by atoms with van der Waals surface area (Å²) in [6.45, 7) is 10.1. The fourth-order valence-electron chi connectivity index (χ4n) is 2.55. The molecule has 0 amide bonds. The second-order valence-corrected chi connectivity index (χ2v) is 7.08. The number of fused-ring (bicyclic) bond motifs is 1. The lowest BCUT2D eigenvalue weighted by atomic mass is 9.86. The van der Waals surface area contributed by atoms with Gasteiger partial charge in [-0.3, -0.25) is 4.68 Å². The van der Waals surface area contributed by atoms with Crippen LogP contribution in [-0.2, 0) is 12.0 Å². The number of benzene rings is 2. The molecule has 23 heavy (non-hydrogen) atoms. The Morgan fingerprint density at radius 1 is 1.04 bits per heavy atom. The summed E-state index contributed by atoms with van der Waals surface area (Å²) in [5.74, 6) is 0.905. The number of hydrogen-bond donors (Lipinski definition) is 0. The maximum atomic E-state index is 5.78. The van der Waals surface area contributed by atoms with Crippen LogP contribution in [0.5, 0.6) is 5.75 Å². The van der Waals surface area contributed by atoms with Crippen LogP contribution in [0.4, 0.5) is 0 Å². The Balaban J connectivity index is 1.67. The Hall–Kier alpha value is -2.29. The van der Waals surface area contributed by atoms with Gasteiger partial charge in [0.15, 0.2) is 0 Å². The topological polar surface area (TPSA) is 27.1 Å². The van der Waals surface area contributed by atoms with Gasteiger partial charge in [0, 0.05) is 11.6 Å². The third kappa shape index (κ3) is 3.73. The summed E-state index contributed by atoms with van der Waals surface area (Å²) in [7, 11) is 0. The molecule has 1 aromatic heterocycles. The highest BCUT2D eigenvalue weighted by atomic mass is 16.5. The van der Waals surface area contributed by atoms with Crippen molar-refractivity contribution in [2.24, 2.45) is 0 Å². The SMILES string of the molecule is Cc1ccc(OCCn2cc3cc(C(C)(C)C)ccc3n2)cc1. The number of hydrogen-bond acceptors (Lipinski definition) is 2. The minimum absolute atomic E-state index is 0.158. The van der Waals surface area contributed by atoms with Crippen LogP contribution in [-0.4, -0.2) is 16.4 Å². The fourth-order valence-corrected chi connectivity index (χ4v) is 2.55. The minimum atomic E-state index is 0.158. The molecule has 0 aliphatic rings. The van der Waals surface area contributed by atoms with Gasteiger partial charge in [-0.15, -0.1) is 0 Å². The van der Waals surface area contributed by atoms with Crippen molar-refractivity contribution in [1.82, 2.24) is 9.78 Å². The zero-order valence-electron chi connectivity index (χ0n) is 14.3. The number of aryl methyl sites for hydroxylation is 1. The molecule has 2 aromatic carbocycles. The maximum Gasteiger partial charge on any atom is 0.119 e. The summed E-state index contributed by atoms with van der Waals surface area (Å²) in [5, 5.41) is 5.81. The summed E-state index contributed by atoms with van der Waals surface area (Å²) in [6, 6.07) is 14.6. The molecule has 3 rings (SSSR count). The molecule has 0 fully saturated rings. The van der Waals surface area contributed by atoms with E-state index in [-0.39, 0.29) is 5.41 Å². The van der Waals surface area contributed by atoms with Crippen molar-refractivity contribution >= 4 is 10.9 Å². The predicted octanol–water partition coefficient (Wildman–Crippen LogP) is 4.72. The van der Waals surface area contributed by atoms with Gasteiger partial charge in [-0.25, -0.2) is 0 Å². The molecule has 3 nitrogen and oxygen atoms in total. The van der Waals surface area contributed by atoms with Crippen molar-refractivity contribution in [3.63, 3.8) is 0 Å². The number of nitrogens with zero attached hydrogens (tertiary/aromatic N) is 2. The van der Waals surface area contributed by atoms with Crippen molar-refractivity contribution in [3.8, 4) is 5.75 Å². The zero-order chi connectivity index (χ0) is 16.4. The molecule has 3 heteroatoms. The van der Waals surface area contributed by atoms with Gasteiger partial charge in [-0.2, -0.15) is 5.10 Å². The number of rotatable bonds is 4. The molecule has 0 aliphatic heterocycles. The summed E-state index contributed by atoms with van der Waals surface area (Å²) < 4.78 is 7.74. The summed E-state index contributed by atoms with van der Waals surface area (Å²) in [6.07, 6.45) is 2.10. The van der Waals surface area contributed by atoms with Crippen LogP contribution in [0.25, 0.3) is 10.9 Å². The quantitative estimate of drug-likeness (QED) is 0.697. The number of aromatic nitrogens is 2. The van der Waals surface area contributed by atoms with Crippen LogP contribution >= 0.6 is 0 Å². The highest BCUT2D eigenvalue weighted by molar-refractivity contribution is 5.79. The van der Waals surface area contributed by atoms with Crippen LogP contribution in [0.2, 0.25) is 0 Å². The van der Waals surface area contributed by atoms with E-state index >= 15 is 0 Å². The lowest BCUT2D eigenvalue weighted by Crippen LogP contribution is -2.10. The number of ether oxygens (including phenoxy) is 1. The van der Waals surface area contributed by atoms with E-state index < -0.39 is 0 Å². The molecule has 0 spiro atoms. The third-order valence-electron chi connectivity index (χ3n) is 4.03. The van der Waals surface area contributed by atoms with Crippen molar-refractivity contribution in [3.05, 3.63) is 59.8 Å². The van der Waals surface area contributed by atoms with Crippen LogP contribution < -0.4 is 4.74 Å². The second-order valence-electron chi connectivity index (χ2n) is 7.08. The molecule has 0 bridgehead atoms. The van der Waals surface area contributed by atoms with E-state index in [0.717, 1.165) is 17.8 Å². The van der Waals surface area contributed by atoms with Gasteiger partial charge < -0.3 is 4.74 Å². The predicted molar refractivity (Wildman–Crippen MR) is 95.1 cm³/mol. The van der Waals surface area contributed by atoms with Crippen molar-refractivity contribution in [2.75, 3.05) is 6.61 Å².